The summed E-state index contributed by atoms with van der Waals surface area (Å²) in [6.45, 7) is 2.50. The first kappa shape index (κ1) is 12.3. The first-order valence-electron chi connectivity index (χ1n) is 3.53. The van der Waals surface area contributed by atoms with Gasteiger partial charge in [0, 0.05) is 0 Å². The number of sulfonamides is 1. The van der Waals surface area contributed by atoms with Gasteiger partial charge in [0.15, 0.2) is 5.75 Å². The molecular formula is C6H13NO5S. The molecule has 7 heteroatoms. The minimum Gasteiger partial charge on any atom is -0.480 e. The predicted molar refractivity (Wildman–Crippen MR) is 45.7 cm³/mol. The van der Waals surface area contributed by atoms with Crippen molar-refractivity contribution in [1.29, 1.82) is 0 Å². The van der Waals surface area contributed by atoms with Crippen molar-refractivity contribution in [3.8, 4) is 0 Å². The molecule has 0 heterocycles. The monoisotopic (exact) mass is 211 g/mol. The second-order valence-electron chi connectivity index (χ2n) is 3.30. The number of carbonyl (C=O) groups is 1. The summed E-state index contributed by atoms with van der Waals surface area (Å²) in [7, 11) is -3.86. The molecule has 13 heavy (non-hydrogen) atoms. The zero-order valence-electron chi connectivity index (χ0n) is 7.44. The summed E-state index contributed by atoms with van der Waals surface area (Å²) in [5, 5.41) is 17.0. The van der Waals surface area contributed by atoms with Crippen LogP contribution in [0, 0.1) is 0 Å². The Hall–Kier alpha value is -0.660. The van der Waals surface area contributed by atoms with Crippen molar-refractivity contribution in [2.24, 2.45) is 0 Å². The van der Waals surface area contributed by atoms with Gasteiger partial charge in [-0.05, 0) is 13.8 Å². The van der Waals surface area contributed by atoms with Gasteiger partial charge >= 0.3 is 5.97 Å². The summed E-state index contributed by atoms with van der Waals surface area (Å²) >= 11 is 0. The van der Waals surface area contributed by atoms with Crippen LogP contribution >= 0.6 is 0 Å². The molecule has 6 nitrogen and oxygen atoms in total. The largest absolute Gasteiger partial charge is 0.480 e. The van der Waals surface area contributed by atoms with Crippen LogP contribution in [0.5, 0.6) is 0 Å². The van der Waals surface area contributed by atoms with Crippen molar-refractivity contribution in [3.63, 3.8) is 0 Å². The molecule has 0 rings (SSSR count). The molecule has 0 aliphatic carbocycles. The first-order valence-corrected chi connectivity index (χ1v) is 5.18. The molecule has 78 valence electrons. The zero-order chi connectivity index (χ0) is 10.7. The maximum Gasteiger partial charge on any atom is 0.320 e. The van der Waals surface area contributed by atoms with E-state index in [0.29, 0.717) is 0 Å². The van der Waals surface area contributed by atoms with E-state index in [1.165, 1.54) is 13.8 Å². The number of rotatable bonds is 5. The summed E-state index contributed by atoms with van der Waals surface area (Å²) in [6.07, 6.45) is 0. The Kier molecular flexibility index (Phi) is 3.83. The van der Waals surface area contributed by atoms with E-state index in [1.807, 2.05) is 0 Å². The first-order chi connectivity index (χ1) is 5.68. The fraction of sp³-hybridized carbons (Fsp3) is 0.833. The number of carboxylic acids is 1. The van der Waals surface area contributed by atoms with E-state index in [1.54, 1.807) is 0 Å². The fourth-order valence-corrected chi connectivity index (χ4v) is 1.96. The molecule has 0 radical (unpaired) electrons. The summed E-state index contributed by atoms with van der Waals surface area (Å²) in [5.74, 6) is -2.42. The Morgan fingerprint density at radius 2 is 1.92 bits per heavy atom. The SMILES string of the molecule is CC(C)(CO)NS(=O)(=O)CC(=O)O. The molecule has 0 aliphatic heterocycles. The van der Waals surface area contributed by atoms with Crippen LogP contribution in [-0.2, 0) is 14.8 Å². The summed E-state index contributed by atoms with van der Waals surface area (Å²) in [6, 6.07) is 0. The van der Waals surface area contributed by atoms with Gasteiger partial charge in [-0.25, -0.2) is 13.1 Å². The van der Waals surface area contributed by atoms with Crippen molar-refractivity contribution in [1.82, 2.24) is 4.72 Å². The molecule has 0 aromatic rings. The molecule has 0 saturated heterocycles. The predicted octanol–water partition coefficient (Wildman–Crippen LogP) is -1.24. The maximum atomic E-state index is 11.0. The number of hydrogen-bond donors (Lipinski definition) is 3. The van der Waals surface area contributed by atoms with Crippen LogP contribution in [0.25, 0.3) is 0 Å². The molecule has 0 aliphatic rings. The normalized spacial score (nSPS) is 12.8. The number of aliphatic hydroxyl groups excluding tert-OH is 1. The quantitative estimate of drug-likeness (QED) is 0.527. The Morgan fingerprint density at radius 3 is 2.23 bits per heavy atom. The van der Waals surface area contributed by atoms with Gasteiger partial charge in [0.1, 0.15) is 0 Å². The van der Waals surface area contributed by atoms with E-state index >= 15 is 0 Å². The summed E-state index contributed by atoms with van der Waals surface area (Å²) in [4.78, 5) is 10.1. The molecule has 0 fully saturated rings. The molecule has 0 unspecified atom stereocenters. The Labute approximate surface area is 76.6 Å². The molecule has 3 N–H and O–H groups in total. The third-order valence-electron chi connectivity index (χ3n) is 1.14. The van der Waals surface area contributed by atoms with Gasteiger partial charge in [-0.2, -0.15) is 0 Å². The fourth-order valence-electron chi connectivity index (χ4n) is 0.652. The smallest absolute Gasteiger partial charge is 0.320 e. The number of aliphatic carboxylic acids is 1. The molecule has 0 spiro atoms. The van der Waals surface area contributed by atoms with Crippen LogP contribution < -0.4 is 4.72 Å². The standard InChI is InChI=1S/C6H13NO5S/c1-6(2,4-8)7-13(11,12)3-5(9)10/h7-8H,3-4H2,1-2H3,(H,9,10). The molecule has 0 amide bonds. The van der Waals surface area contributed by atoms with Crippen LogP contribution in [0.1, 0.15) is 13.8 Å². The summed E-state index contributed by atoms with van der Waals surface area (Å²) in [5.41, 5.74) is -1.03. The highest BCUT2D eigenvalue weighted by atomic mass is 32.2. The Balaban J connectivity index is 4.44. The third-order valence-corrected chi connectivity index (χ3v) is 2.63. The maximum absolute atomic E-state index is 11.0. The van der Waals surface area contributed by atoms with Crippen molar-refractivity contribution >= 4 is 16.0 Å². The van der Waals surface area contributed by atoms with Crippen LogP contribution in [0.3, 0.4) is 0 Å². The lowest BCUT2D eigenvalue weighted by molar-refractivity contribution is -0.134. The minimum absolute atomic E-state index is 0.397. The third kappa shape index (κ3) is 5.56. The lowest BCUT2D eigenvalue weighted by Gasteiger charge is -2.22. The number of nitrogens with one attached hydrogen (secondary N) is 1. The van der Waals surface area contributed by atoms with Crippen LogP contribution in [0.15, 0.2) is 0 Å². The minimum atomic E-state index is -3.86. The van der Waals surface area contributed by atoms with Gasteiger partial charge in [0.05, 0.1) is 12.1 Å². The zero-order valence-corrected chi connectivity index (χ0v) is 8.26. The van der Waals surface area contributed by atoms with Gasteiger partial charge in [-0.1, -0.05) is 0 Å². The number of hydrogen-bond acceptors (Lipinski definition) is 4. The molecule has 0 saturated carbocycles. The van der Waals surface area contributed by atoms with E-state index in [4.69, 9.17) is 10.2 Å². The average molecular weight is 211 g/mol. The topological polar surface area (TPSA) is 104 Å². The Bertz CT molecular complexity index is 281. The Morgan fingerprint density at radius 1 is 1.46 bits per heavy atom. The van der Waals surface area contributed by atoms with Crippen LogP contribution in [0.2, 0.25) is 0 Å². The van der Waals surface area contributed by atoms with E-state index < -0.39 is 33.9 Å². The van der Waals surface area contributed by atoms with Gasteiger partial charge in [-0.15, -0.1) is 0 Å². The molecular weight excluding hydrogens is 198 g/mol. The lowest BCUT2D eigenvalue weighted by atomic mass is 10.1. The summed E-state index contributed by atoms with van der Waals surface area (Å²) < 4.78 is 24.1. The van der Waals surface area contributed by atoms with Gasteiger partial charge in [-0.3, -0.25) is 4.79 Å². The van der Waals surface area contributed by atoms with Crippen molar-refractivity contribution in [2.45, 2.75) is 19.4 Å². The highest BCUT2D eigenvalue weighted by molar-refractivity contribution is 7.90. The highest BCUT2D eigenvalue weighted by Gasteiger charge is 2.25. The second-order valence-corrected chi connectivity index (χ2v) is 5.02. The highest BCUT2D eigenvalue weighted by Crippen LogP contribution is 2.02. The van der Waals surface area contributed by atoms with E-state index in [0.717, 1.165) is 0 Å². The van der Waals surface area contributed by atoms with Crippen LogP contribution in [0.4, 0.5) is 0 Å². The molecule has 0 bridgehead atoms. The number of carboxylic acid groups (broad SMARTS) is 1. The van der Waals surface area contributed by atoms with Crippen molar-refractivity contribution in [2.75, 3.05) is 12.4 Å². The van der Waals surface area contributed by atoms with Crippen molar-refractivity contribution in [3.05, 3.63) is 0 Å². The second kappa shape index (κ2) is 4.03. The van der Waals surface area contributed by atoms with E-state index in [-0.39, 0.29) is 0 Å². The average Bonchev–Trinajstić information content (AvgIpc) is 1.81. The molecule has 0 aromatic heterocycles. The van der Waals surface area contributed by atoms with Gasteiger partial charge in [0.25, 0.3) is 0 Å². The van der Waals surface area contributed by atoms with Crippen LogP contribution in [-0.4, -0.2) is 42.5 Å². The van der Waals surface area contributed by atoms with Gasteiger partial charge in [0.2, 0.25) is 10.0 Å². The van der Waals surface area contributed by atoms with Gasteiger partial charge < -0.3 is 10.2 Å². The van der Waals surface area contributed by atoms with Crippen molar-refractivity contribution < 1.29 is 23.4 Å². The molecule has 0 aromatic carbocycles. The van der Waals surface area contributed by atoms with E-state index in [2.05, 4.69) is 4.72 Å². The number of aliphatic hydroxyl groups is 1. The molecule has 0 atom stereocenters. The lowest BCUT2D eigenvalue weighted by Crippen LogP contribution is -2.47. The van der Waals surface area contributed by atoms with E-state index in [9.17, 15) is 13.2 Å².